The van der Waals surface area contributed by atoms with E-state index in [-0.39, 0.29) is 36.1 Å². The van der Waals surface area contributed by atoms with Crippen molar-refractivity contribution in [1.82, 2.24) is 24.6 Å². The minimum atomic E-state index is -3.92. The first-order chi connectivity index (χ1) is 15.1. The summed E-state index contributed by atoms with van der Waals surface area (Å²) < 4.78 is 50.5. The van der Waals surface area contributed by atoms with Gasteiger partial charge in [-0.05, 0) is 20.8 Å². The highest BCUT2D eigenvalue weighted by atomic mass is 31.2. The Morgan fingerprint density at radius 3 is 2.94 bits per heavy atom. The van der Waals surface area contributed by atoms with Gasteiger partial charge in [0.2, 0.25) is 0 Å². The van der Waals surface area contributed by atoms with E-state index in [9.17, 15) is 13.8 Å². The molecule has 2 aromatic heterocycles. The number of fused-ring (bicyclic) bond motifs is 2. The van der Waals surface area contributed by atoms with E-state index in [2.05, 4.69) is 26.0 Å². The number of halogens is 1. The second-order valence-electron chi connectivity index (χ2n) is 7.75. The molecule has 2 saturated heterocycles. The molecule has 1 unspecified atom stereocenters. The molecule has 2 aliphatic rings. The van der Waals surface area contributed by atoms with Crippen LogP contribution in [0.2, 0.25) is 0 Å². The fraction of sp³-hybridized carbons (Fsp3) is 0.556. The van der Waals surface area contributed by atoms with Crippen LogP contribution in [0.5, 0.6) is 0 Å². The molecule has 3 N–H and O–H groups in total. The van der Waals surface area contributed by atoms with E-state index >= 15 is 0 Å². The van der Waals surface area contributed by atoms with Crippen LogP contribution in [0.25, 0.3) is 11.2 Å². The monoisotopic (exact) mass is 468 g/mol. The minimum Gasteiger partial charge on any atom is -0.462 e. The Bertz CT molecular complexity index is 1150. The van der Waals surface area contributed by atoms with Crippen molar-refractivity contribution in [2.24, 2.45) is 0 Å². The van der Waals surface area contributed by atoms with Crippen LogP contribution in [0.15, 0.2) is 6.33 Å². The van der Waals surface area contributed by atoms with E-state index in [0.717, 1.165) is 0 Å². The summed E-state index contributed by atoms with van der Waals surface area (Å²) in [6, 6.07) is -0.958. The molecule has 12 nitrogen and oxygen atoms in total. The number of anilines is 1. The molecule has 0 spiro atoms. The summed E-state index contributed by atoms with van der Waals surface area (Å²) in [5, 5.41) is 2.55. The fourth-order valence-corrected chi connectivity index (χ4v) is 5.26. The number of hydrogen-bond donors (Lipinski definition) is 2. The van der Waals surface area contributed by atoms with Crippen molar-refractivity contribution >= 4 is 30.7 Å². The first-order valence-corrected chi connectivity index (χ1v) is 11.3. The van der Waals surface area contributed by atoms with Crippen molar-refractivity contribution in [2.45, 2.75) is 57.3 Å². The number of imidazole rings is 1. The Morgan fingerprint density at radius 1 is 1.50 bits per heavy atom. The van der Waals surface area contributed by atoms with E-state index in [1.165, 1.54) is 17.8 Å². The predicted molar refractivity (Wildman–Crippen MR) is 108 cm³/mol. The van der Waals surface area contributed by atoms with Crippen LogP contribution in [0.3, 0.4) is 0 Å². The third-order valence-corrected chi connectivity index (χ3v) is 6.73. The average molecular weight is 468 g/mol. The summed E-state index contributed by atoms with van der Waals surface area (Å²) in [6.07, 6.45) is 4.18. The lowest BCUT2D eigenvalue weighted by atomic mass is 9.99. The zero-order valence-corrected chi connectivity index (χ0v) is 18.4. The number of ether oxygens (including phenoxy) is 2. The van der Waals surface area contributed by atoms with Gasteiger partial charge in [0.1, 0.15) is 25.0 Å². The molecule has 14 heteroatoms. The standard InChI is InChI=1S/C18H22FN6O6P/c1-5-18-7-28-32(27,24-10(4)16(26)29-9(2)3)31-11(18)6-12(30-18)25-8-21-13-14(20)22-17(19)23-15(13)25/h1,8-12H,6-7H2,2-4H3,(H,24,27)(H2,20,22,23)/t10-,11+,12+,18+,32?/m0/s1. The molecule has 4 heterocycles. The molecule has 2 fully saturated rings. The molecule has 0 aliphatic carbocycles. The number of hydrogen-bond acceptors (Lipinski definition) is 10. The van der Waals surface area contributed by atoms with Gasteiger partial charge >= 0.3 is 19.8 Å². The lowest BCUT2D eigenvalue weighted by molar-refractivity contribution is -0.149. The SMILES string of the molecule is C#C[C@@]12COP(=O)(N[C@@H](C)C(=O)OC(C)C)O[C@@H]1C[C@H](n1cnc3c(N)nc(F)nc31)O2. The number of aromatic nitrogens is 4. The number of carbonyl (C=O) groups is 1. The molecular formula is C18H22FN6O6P. The number of nitrogens with one attached hydrogen (secondary N) is 1. The maximum absolute atomic E-state index is 13.7. The van der Waals surface area contributed by atoms with Gasteiger partial charge in [-0.15, -0.1) is 6.42 Å². The van der Waals surface area contributed by atoms with Crippen LogP contribution in [0, 0.1) is 18.4 Å². The molecule has 0 radical (unpaired) electrons. The Hall–Kier alpha value is -2.62. The number of carbonyl (C=O) groups excluding carboxylic acids is 1. The summed E-state index contributed by atoms with van der Waals surface area (Å²) in [7, 11) is -3.92. The minimum absolute atomic E-state index is 0.109. The summed E-state index contributed by atoms with van der Waals surface area (Å²) in [6.45, 7) is 4.60. The summed E-state index contributed by atoms with van der Waals surface area (Å²) in [4.78, 5) is 23.4. The molecule has 5 atom stereocenters. The van der Waals surface area contributed by atoms with Crippen molar-refractivity contribution in [3.63, 3.8) is 0 Å². The van der Waals surface area contributed by atoms with Gasteiger partial charge in [0.25, 0.3) is 0 Å². The summed E-state index contributed by atoms with van der Waals surface area (Å²) in [5.41, 5.74) is 4.65. The van der Waals surface area contributed by atoms with Gasteiger partial charge < -0.3 is 15.2 Å². The molecule has 4 rings (SSSR count). The molecule has 0 bridgehead atoms. The van der Waals surface area contributed by atoms with Crippen molar-refractivity contribution in [1.29, 1.82) is 0 Å². The molecule has 0 saturated carbocycles. The predicted octanol–water partition coefficient (Wildman–Crippen LogP) is 1.29. The second kappa shape index (κ2) is 8.06. The lowest BCUT2D eigenvalue weighted by Crippen LogP contribution is -2.49. The maximum Gasteiger partial charge on any atom is 0.406 e. The molecule has 2 aliphatic heterocycles. The van der Waals surface area contributed by atoms with Crippen LogP contribution in [0.4, 0.5) is 10.2 Å². The molecule has 0 aromatic carbocycles. The lowest BCUT2D eigenvalue weighted by Gasteiger charge is -2.37. The van der Waals surface area contributed by atoms with Gasteiger partial charge in [0, 0.05) is 6.42 Å². The Labute approximate surface area is 182 Å². The number of terminal acetylenes is 1. The maximum atomic E-state index is 13.7. The van der Waals surface area contributed by atoms with E-state index < -0.39 is 43.8 Å². The van der Waals surface area contributed by atoms with Crippen LogP contribution in [-0.4, -0.2) is 55.9 Å². The molecule has 2 aromatic rings. The molecule has 172 valence electrons. The number of nitrogens with zero attached hydrogens (tertiary/aromatic N) is 4. The van der Waals surface area contributed by atoms with Crippen LogP contribution in [-0.2, 0) is 27.9 Å². The van der Waals surface area contributed by atoms with E-state index in [4.69, 9.17) is 30.7 Å². The molecule has 0 amide bonds. The van der Waals surface area contributed by atoms with E-state index in [1.807, 2.05) is 0 Å². The van der Waals surface area contributed by atoms with Gasteiger partial charge in [-0.25, -0.2) is 14.6 Å². The third kappa shape index (κ3) is 3.96. The number of nitrogens with two attached hydrogens (primary N) is 1. The van der Waals surface area contributed by atoms with Crippen molar-refractivity contribution < 1.29 is 32.3 Å². The van der Waals surface area contributed by atoms with Crippen molar-refractivity contribution in [3.05, 3.63) is 12.4 Å². The Kier molecular flexibility index (Phi) is 5.68. The molecule has 32 heavy (non-hydrogen) atoms. The number of nitrogen functional groups attached to an aromatic ring is 1. The fourth-order valence-electron chi connectivity index (χ4n) is 3.53. The van der Waals surface area contributed by atoms with E-state index in [0.29, 0.717) is 0 Å². The van der Waals surface area contributed by atoms with Gasteiger partial charge in [0.15, 0.2) is 22.6 Å². The Morgan fingerprint density at radius 2 is 2.25 bits per heavy atom. The highest BCUT2D eigenvalue weighted by Gasteiger charge is 2.57. The zero-order valence-electron chi connectivity index (χ0n) is 17.5. The summed E-state index contributed by atoms with van der Waals surface area (Å²) in [5.74, 6) is 1.77. The highest BCUT2D eigenvalue weighted by Crippen LogP contribution is 2.56. The van der Waals surface area contributed by atoms with Crippen LogP contribution >= 0.6 is 7.75 Å². The zero-order chi connectivity index (χ0) is 23.3. The summed E-state index contributed by atoms with van der Waals surface area (Å²) >= 11 is 0. The first-order valence-electron chi connectivity index (χ1n) is 9.78. The van der Waals surface area contributed by atoms with Crippen LogP contribution < -0.4 is 10.8 Å². The van der Waals surface area contributed by atoms with Crippen LogP contribution in [0.1, 0.15) is 33.4 Å². The van der Waals surface area contributed by atoms with Gasteiger partial charge in [-0.1, -0.05) is 5.92 Å². The average Bonchev–Trinajstić information content (AvgIpc) is 3.28. The third-order valence-electron chi connectivity index (χ3n) is 5.03. The van der Waals surface area contributed by atoms with Gasteiger partial charge in [-0.2, -0.15) is 14.4 Å². The van der Waals surface area contributed by atoms with Gasteiger partial charge in [-0.3, -0.25) is 18.4 Å². The Balaban J connectivity index is 1.56. The number of esters is 1. The smallest absolute Gasteiger partial charge is 0.406 e. The largest absolute Gasteiger partial charge is 0.462 e. The normalized spacial score (nSPS) is 30.8. The number of rotatable bonds is 5. The van der Waals surface area contributed by atoms with Crippen molar-refractivity contribution in [2.75, 3.05) is 12.3 Å². The van der Waals surface area contributed by atoms with Crippen molar-refractivity contribution in [3.8, 4) is 12.3 Å². The highest BCUT2D eigenvalue weighted by molar-refractivity contribution is 7.51. The quantitative estimate of drug-likeness (QED) is 0.282. The first kappa shape index (κ1) is 22.6. The molecular weight excluding hydrogens is 446 g/mol. The van der Waals surface area contributed by atoms with E-state index in [1.54, 1.807) is 13.8 Å². The topological polar surface area (TPSA) is 153 Å². The van der Waals surface area contributed by atoms with Gasteiger partial charge in [0.05, 0.1) is 12.4 Å². The second-order valence-corrected chi connectivity index (χ2v) is 9.47.